The number of hydrogen-bond donors (Lipinski definition) is 1. The van der Waals surface area contributed by atoms with Gasteiger partial charge in [0.2, 0.25) is 0 Å². The molecule has 0 aliphatic carbocycles. The fourth-order valence-electron chi connectivity index (χ4n) is 1.22. The maximum atomic E-state index is 5.60. The summed E-state index contributed by atoms with van der Waals surface area (Å²) in [5.41, 5.74) is 6.65. The Labute approximate surface area is 96.2 Å². The van der Waals surface area contributed by atoms with Crippen LogP contribution in [0.5, 0.6) is 5.75 Å². The molecule has 0 saturated heterocycles. The minimum Gasteiger partial charge on any atom is -0.494 e. The maximum Gasteiger partial charge on any atom is 0.119 e. The zero-order chi connectivity index (χ0) is 10.9. The lowest BCUT2D eigenvalue weighted by Crippen LogP contribution is -2.00. The number of hydrogen-bond acceptors (Lipinski definition) is 3. The van der Waals surface area contributed by atoms with E-state index in [1.165, 1.54) is 11.5 Å². The standard InChI is InChI=1S/C12H19NOS/c1-2-15-9-3-8-14-12-6-4-11(10-13)5-7-12/h4-7H,2-3,8-10,13H2,1H3. The summed E-state index contributed by atoms with van der Waals surface area (Å²) in [6.07, 6.45) is 1.11. The summed E-state index contributed by atoms with van der Waals surface area (Å²) in [6, 6.07) is 7.98. The number of ether oxygens (including phenoxy) is 1. The summed E-state index contributed by atoms with van der Waals surface area (Å²) in [5.74, 6) is 3.30. The van der Waals surface area contributed by atoms with Crippen LogP contribution in [0.25, 0.3) is 0 Å². The molecule has 84 valence electrons. The largest absolute Gasteiger partial charge is 0.494 e. The van der Waals surface area contributed by atoms with E-state index in [4.69, 9.17) is 10.5 Å². The van der Waals surface area contributed by atoms with E-state index in [1.807, 2.05) is 36.0 Å². The van der Waals surface area contributed by atoms with Crippen molar-refractivity contribution < 1.29 is 4.74 Å². The molecular formula is C12H19NOS. The molecule has 1 rings (SSSR count). The third-order valence-corrected chi connectivity index (χ3v) is 3.05. The number of thioether (sulfide) groups is 1. The van der Waals surface area contributed by atoms with E-state index >= 15 is 0 Å². The van der Waals surface area contributed by atoms with Gasteiger partial charge in [0.05, 0.1) is 6.61 Å². The molecule has 0 unspecified atom stereocenters. The predicted octanol–water partition coefficient (Wildman–Crippen LogP) is 2.67. The van der Waals surface area contributed by atoms with Crippen LogP contribution in [0, 0.1) is 0 Å². The summed E-state index contributed by atoms with van der Waals surface area (Å²) in [6.45, 7) is 3.57. The van der Waals surface area contributed by atoms with Crippen molar-refractivity contribution in [3.63, 3.8) is 0 Å². The molecule has 0 radical (unpaired) electrons. The molecule has 15 heavy (non-hydrogen) atoms. The Bertz CT molecular complexity index is 261. The number of benzene rings is 1. The highest BCUT2D eigenvalue weighted by atomic mass is 32.2. The van der Waals surface area contributed by atoms with Crippen molar-refractivity contribution >= 4 is 11.8 Å². The van der Waals surface area contributed by atoms with Crippen LogP contribution in [-0.4, -0.2) is 18.1 Å². The van der Waals surface area contributed by atoms with Gasteiger partial charge in [-0.05, 0) is 35.6 Å². The predicted molar refractivity (Wildman–Crippen MR) is 67.4 cm³/mol. The molecule has 2 nitrogen and oxygen atoms in total. The van der Waals surface area contributed by atoms with E-state index in [0.717, 1.165) is 24.3 Å². The van der Waals surface area contributed by atoms with Crippen molar-refractivity contribution in [1.29, 1.82) is 0 Å². The highest BCUT2D eigenvalue weighted by molar-refractivity contribution is 7.99. The van der Waals surface area contributed by atoms with Crippen molar-refractivity contribution in [3.8, 4) is 5.75 Å². The lowest BCUT2D eigenvalue weighted by atomic mass is 10.2. The summed E-state index contributed by atoms with van der Waals surface area (Å²) >= 11 is 1.95. The first-order valence-corrected chi connectivity index (χ1v) is 6.52. The SMILES string of the molecule is CCSCCCOc1ccc(CN)cc1. The number of rotatable bonds is 7. The third-order valence-electron chi connectivity index (χ3n) is 2.06. The van der Waals surface area contributed by atoms with Crippen molar-refractivity contribution in [2.45, 2.75) is 19.9 Å². The summed E-state index contributed by atoms with van der Waals surface area (Å²) in [5, 5.41) is 0. The van der Waals surface area contributed by atoms with E-state index in [2.05, 4.69) is 6.92 Å². The van der Waals surface area contributed by atoms with Gasteiger partial charge in [-0.1, -0.05) is 19.1 Å². The molecule has 1 aromatic carbocycles. The summed E-state index contributed by atoms with van der Waals surface area (Å²) < 4.78 is 5.60. The van der Waals surface area contributed by atoms with E-state index in [9.17, 15) is 0 Å². The van der Waals surface area contributed by atoms with Gasteiger partial charge in [0.25, 0.3) is 0 Å². The monoisotopic (exact) mass is 225 g/mol. The van der Waals surface area contributed by atoms with Crippen LogP contribution in [-0.2, 0) is 6.54 Å². The maximum absolute atomic E-state index is 5.60. The van der Waals surface area contributed by atoms with Gasteiger partial charge in [-0.2, -0.15) is 11.8 Å². The van der Waals surface area contributed by atoms with Crippen LogP contribution >= 0.6 is 11.8 Å². The molecule has 0 fully saturated rings. The fourth-order valence-corrected chi connectivity index (χ4v) is 1.83. The topological polar surface area (TPSA) is 35.2 Å². The Morgan fingerprint density at radius 2 is 2.00 bits per heavy atom. The Balaban J connectivity index is 2.20. The average Bonchev–Trinajstić information content (AvgIpc) is 2.30. The molecule has 0 atom stereocenters. The van der Waals surface area contributed by atoms with Crippen molar-refractivity contribution in [2.75, 3.05) is 18.1 Å². The highest BCUT2D eigenvalue weighted by Crippen LogP contribution is 2.12. The van der Waals surface area contributed by atoms with Gasteiger partial charge in [0.15, 0.2) is 0 Å². The Morgan fingerprint density at radius 1 is 1.27 bits per heavy atom. The zero-order valence-corrected chi connectivity index (χ0v) is 10.1. The Hall–Kier alpha value is -0.670. The summed E-state index contributed by atoms with van der Waals surface area (Å²) in [4.78, 5) is 0. The molecule has 0 amide bonds. The van der Waals surface area contributed by atoms with Crippen LogP contribution in [0.4, 0.5) is 0 Å². The van der Waals surface area contributed by atoms with Gasteiger partial charge in [0.1, 0.15) is 5.75 Å². The molecule has 0 aliphatic heterocycles. The van der Waals surface area contributed by atoms with E-state index in [0.29, 0.717) is 6.54 Å². The molecule has 0 heterocycles. The molecule has 0 bridgehead atoms. The smallest absolute Gasteiger partial charge is 0.119 e. The first-order valence-electron chi connectivity index (χ1n) is 5.36. The number of nitrogens with two attached hydrogens (primary N) is 1. The van der Waals surface area contributed by atoms with Crippen LogP contribution in [0.1, 0.15) is 18.9 Å². The minimum atomic E-state index is 0.591. The van der Waals surface area contributed by atoms with E-state index in [1.54, 1.807) is 0 Å². The van der Waals surface area contributed by atoms with Crippen molar-refractivity contribution in [1.82, 2.24) is 0 Å². The average molecular weight is 225 g/mol. The van der Waals surface area contributed by atoms with Crippen molar-refractivity contribution in [3.05, 3.63) is 29.8 Å². The second-order valence-electron chi connectivity index (χ2n) is 3.25. The van der Waals surface area contributed by atoms with Gasteiger partial charge in [-0.25, -0.2) is 0 Å². The fraction of sp³-hybridized carbons (Fsp3) is 0.500. The van der Waals surface area contributed by atoms with Gasteiger partial charge in [0, 0.05) is 6.54 Å². The first-order chi connectivity index (χ1) is 7.36. The first kappa shape index (κ1) is 12.4. The minimum absolute atomic E-state index is 0.591. The molecule has 3 heteroatoms. The Morgan fingerprint density at radius 3 is 2.60 bits per heavy atom. The van der Waals surface area contributed by atoms with Crippen LogP contribution in [0.3, 0.4) is 0 Å². The van der Waals surface area contributed by atoms with E-state index < -0.39 is 0 Å². The lowest BCUT2D eigenvalue weighted by molar-refractivity contribution is 0.318. The van der Waals surface area contributed by atoms with Crippen molar-refractivity contribution in [2.24, 2.45) is 5.73 Å². The molecule has 2 N–H and O–H groups in total. The third kappa shape index (κ3) is 5.09. The Kier molecular flexibility index (Phi) is 6.28. The summed E-state index contributed by atoms with van der Waals surface area (Å²) in [7, 11) is 0. The lowest BCUT2D eigenvalue weighted by Gasteiger charge is -2.06. The normalized spacial score (nSPS) is 10.3. The van der Waals surface area contributed by atoms with Gasteiger partial charge in [-0.3, -0.25) is 0 Å². The zero-order valence-electron chi connectivity index (χ0n) is 9.24. The second kappa shape index (κ2) is 7.60. The molecule has 1 aromatic rings. The molecule has 0 spiro atoms. The second-order valence-corrected chi connectivity index (χ2v) is 4.64. The van der Waals surface area contributed by atoms with Crippen LogP contribution in [0.2, 0.25) is 0 Å². The van der Waals surface area contributed by atoms with Gasteiger partial charge >= 0.3 is 0 Å². The molecule has 0 aromatic heterocycles. The van der Waals surface area contributed by atoms with Gasteiger partial charge in [-0.15, -0.1) is 0 Å². The van der Waals surface area contributed by atoms with E-state index in [-0.39, 0.29) is 0 Å². The van der Waals surface area contributed by atoms with Gasteiger partial charge < -0.3 is 10.5 Å². The quantitative estimate of drug-likeness (QED) is 0.725. The molecule has 0 saturated carbocycles. The molecule has 0 aliphatic rings. The molecular weight excluding hydrogens is 206 g/mol. The highest BCUT2D eigenvalue weighted by Gasteiger charge is 1.94. The van der Waals surface area contributed by atoms with Crippen LogP contribution in [0.15, 0.2) is 24.3 Å². The van der Waals surface area contributed by atoms with Crippen LogP contribution < -0.4 is 10.5 Å².